The van der Waals surface area contributed by atoms with E-state index in [1.54, 1.807) is 0 Å². The van der Waals surface area contributed by atoms with E-state index >= 15 is 0 Å². The van der Waals surface area contributed by atoms with Crippen LogP contribution >= 0.6 is 0 Å². The zero-order valence-corrected chi connectivity index (χ0v) is 10.5. The average molecular weight is 233 g/mol. The first kappa shape index (κ1) is 12.1. The molecule has 0 bridgehead atoms. The predicted molar refractivity (Wildman–Crippen MR) is 68.1 cm³/mol. The second-order valence-corrected chi connectivity index (χ2v) is 4.72. The van der Waals surface area contributed by atoms with Gasteiger partial charge in [-0.25, -0.2) is 0 Å². The standard InChI is InChI=1S/C14H19NO2/c1-10-5-6-13(11(2)8-10)15-14(16)12-4-3-7-17-9-12/h5-6,8,12H,3-4,7,9H2,1-2H3,(H,15,16). The summed E-state index contributed by atoms with van der Waals surface area (Å²) in [5.41, 5.74) is 3.22. The van der Waals surface area contributed by atoms with Crippen LogP contribution in [-0.2, 0) is 9.53 Å². The second kappa shape index (κ2) is 5.32. The van der Waals surface area contributed by atoms with Gasteiger partial charge < -0.3 is 10.1 Å². The van der Waals surface area contributed by atoms with Crippen LogP contribution in [-0.4, -0.2) is 19.1 Å². The van der Waals surface area contributed by atoms with Crippen LogP contribution in [0.4, 0.5) is 5.69 Å². The maximum atomic E-state index is 12.0. The number of carbonyl (C=O) groups is 1. The number of benzene rings is 1. The highest BCUT2D eigenvalue weighted by Gasteiger charge is 2.21. The lowest BCUT2D eigenvalue weighted by Crippen LogP contribution is -2.30. The Bertz CT molecular complexity index is 409. The Morgan fingerprint density at radius 3 is 2.88 bits per heavy atom. The van der Waals surface area contributed by atoms with E-state index in [2.05, 4.69) is 11.4 Å². The molecule has 2 rings (SSSR count). The summed E-state index contributed by atoms with van der Waals surface area (Å²) in [6.45, 7) is 5.40. The van der Waals surface area contributed by atoms with Gasteiger partial charge in [0.1, 0.15) is 0 Å². The maximum absolute atomic E-state index is 12.0. The molecule has 1 N–H and O–H groups in total. The van der Waals surface area contributed by atoms with Gasteiger partial charge in [-0.3, -0.25) is 4.79 Å². The number of nitrogens with one attached hydrogen (secondary N) is 1. The van der Waals surface area contributed by atoms with Gasteiger partial charge in [0.15, 0.2) is 0 Å². The Hall–Kier alpha value is -1.35. The van der Waals surface area contributed by atoms with Crippen molar-refractivity contribution in [2.75, 3.05) is 18.5 Å². The normalized spacial score (nSPS) is 20.0. The fourth-order valence-electron chi connectivity index (χ4n) is 2.14. The molecule has 1 aliphatic rings. The van der Waals surface area contributed by atoms with Crippen molar-refractivity contribution in [1.82, 2.24) is 0 Å². The molecule has 1 saturated heterocycles. The lowest BCUT2D eigenvalue weighted by atomic mass is 10.0. The van der Waals surface area contributed by atoms with Crippen molar-refractivity contribution in [1.29, 1.82) is 0 Å². The molecule has 0 spiro atoms. The topological polar surface area (TPSA) is 38.3 Å². The fourth-order valence-corrected chi connectivity index (χ4v) is 2.14. The van der Waals surface area contributed by atoms with Gasteiger partial charge in [0.2, 0.25) is 5.91 Å². The van der Waals surface area contributed by atoms with Gasteiger partial charge in [0.05, 0.1) is 12.5 Å². The van der Waals surface area contributed by atoms with E-state index in [1.165, 1.54) is 5.56 Å². The van der Waals surface area contributed by atoms with Gasteiger partial charge in [-0.15, -0.1) is 0 Å². The molecule has 1 fully saturated rings. The van der Waals surface area contributed by atoms with Gasteiger partial charge in [-0.05, 0) is 38.3 Å². The van der Waals surface area contributed by atoms with Crippen LogP contribution < -0.4 is 5.32 Å². The van der Waals surface area contributed by atoms with Crippen LogP contribution in [0.2, 0.25) is 0 Å². The Labute approximate surface area is 102 Å². The third-order valence-electron chi connectivity index (χ3n) is 3.17. The number of hydrogen-bond donors (Lipinski definition) is 1. The summed E-state index contributed by atoms with van der Waals surface area (Å²) in [6.07, 6.45) is 1.90. The summed E-state index contributed by atoms with van der Waals surface area (Å²) in [5.74, 6) is 0.0844. The summed E-state index contributed by atoms with van der Waals surface area (Å²) < 4.78 is 5.33. The number of hydrogen-bond acceptors (Lipinski definition) is 2. The predicted octanol–water partition coefficient (Wildman–Crippen LogP) is 2.67. The van der Waals surface area contributed by atoms with Gasteiger partial charge >= 0.3 is 0 Å². The monoisotopic (exact) mass is 233 g/mol. The van der Waals surface area contributed by atoms with Crippen LogP contribution in [0.1, 0.15) is 24.0 Å². The quantitative estimate of drug-likeness (QED) is 0.852. The van der Waals surface area contributed by atoms with Gasteiger partial charge in [-0.1, -0.05) is 17.7 Å². The summed E-state index contributed by atoms with van der Waals surface area (Å²) in [6, 6.07) is 6.05. The molecule has 3 heteroatoms. The van der Waals surface area contributed by atoms with Crippen LogP contribution in [0.15, 0.2) is 18.2 Å². The zero-order chi connectivity index (χ0) is 12.3. The van der Waals surface area contributed by atoms with E-state index in [0.29, 0.717) is 6.61 Å². The number of aryl methyl sites for hydroxylation is 2. The van der Waals surface area contributed by atoms with Crippen molar-refractivity contribution in [3.05, 3.63) is 29.3 Å². The molecular weight excluding hydrogens is 214 g/mol. The summed E-state index contributed by atoms with van der Waals surface area (Å²) in [4.78, 5) is 12.0. The summed E-state index contributed by atoms with van der Waals surface area (Å²) in [7, 11) is 0. The first-order valence-electron chi connectivity index (χ1n) is 6.12. The second-order valence-electron chi connectivity index (χ2n) is 4.72. The minimum absolute atomic E-state index is 0.00412. The molecule has 1 aromatic rings. The number of amides is 1. The van der Waals surface area contributed by atoms with Crippen LogP contribution in [0.3, 0.4) is 0 Å². The largest absolute Gasteiger partial charge is 0.381 e. The molecule has 17 heavy (non-hydrogen) atoms. The van der Waals surface area contributed by atoms with Gasteiger partial charge in [0, 0.05) is 12.3 Å². The summed E-state index contributed by atoms with van der Waals surface area (Å²) >= 11 is 0. The molecule has 3 nitrogen and oxygen atoms in total. The van der Waals surface area contributed by atoms with Gasteiger partial charge in [0.25, 0.3) is 0 Å². The van der Waals surface area contributed by atoms with Gasteiger partial charge in [-0.2, -0.15) is 0 Å². The first-order chi connectivity index (χ1) is 8.16. The molecule has 1 aromatic carbocycles. The SMILES string of the molecule is Cc1ccc(NC(=O)C2CCCOC2)c(C)c1. The van der Waals surface area contributed by atoms with Crippen molar-refractivity contribution in [2.24, 2.45) is 5.92 Å². The van der Waals surface area contributed by atoms with Crippen LogP contribution in [0.5, 0.6) is 0 Å². The highest BCUT2D eigenvalue weighted by molar-refractivity contribution is 5.93. The molecule has 0 aromatic heterocycles. The molecule has 1 amide bonds. The van der Waals surface area contributed by atoms with E-state index in [9.17, 15) is 4.79 Å². The number of rotatable bonds is 2. The highest BCUT2D eigenvalue weighted by Crippen LogP contribution is 2.19. The van der Waals surface area contributed by atoms with E-state index in [1.807, 2.05) is 26.0 Å². The van der Waals surface area contributed by atoms with E-state index in [-0.39, 0.29) is 11.8 Å². The molecule has 0 radical (unpaired) electrons. The number of ether oxygens (including phenoxy) is 1. The smallest absolute Gasteiger partial charge is 0.229 e. The van der Waals surface area contributed by atoms with E-state index in [0.717, 1.165) is 30.7 Å². The molecule has 0 aliphatic carbocycles. The minimum atomic E-state index is 0.00412. The number of carbonyl (C=O) groups excluding carboxylic acids is 1. The van der Waals surface area contributed by atoms with Crippen molar-refractivity contribution in [3.63, 3.8) is 0 Å². The molecule has 1 aliphatic heterocycles. The summed E-state index contributed by atoms with van der Waals surface area (Å²) in [5, 5.41) is 2.99. The first-order valence-corrected chi connectivity index (χ1v) is 6.12. The van der Waals surface area contributed by atoms with Crippen molar-refractivity contribution in [3.8, 4) is 0 Å². The maximum Gasteiger partial charge on any atom is 0.229 e. The van der Waals surface area contributed by atoms with Crippen molar-refractivity contribution >= 4 is 11.6 Å². The Morgan fingerprint density at radius 2 is 2.24 bits per heavy atom. The highest BCUT2D eigenvalue weighted by atomic mass is 16.5. The Balaban J connectivity index is 2.02. The molecule has 92 valence electrons. The van der Waals surface area contributed by atoms with E-state index < -0.39 is 0 Å². The van der Waals surface area contributed by atoms with Crippen molar-refractivity contribution in [2.45, 2.75) is 26.7 Å². The lowest BCUT2D eigenvalue weighted by molar-refractivity contribution is -0.123. The van der Waals surface area contributed by atoms with Crippen LogP contribution in [0, 0.1) is 19.8 Å². The third-order valence-corrected chi connectivity index (χ3v) is 3.17. The molecule has 1 heterocycles. The fraction of sp³-hybridized carbons (Fsp3) is 0.500. The molecule has 1 atom stereocenters. The third kappa shape index (κ3) is 3.07. The van der Waals surface area contributed by atoms with Crippen molar-refractivity contribution < 1.29 is 9.53 Å². The number of anilines is 1. The lowest BCUT2D eigenvalue weighted by Gasteiger charge is -2.21. The van der Waals surface area contributed by atoms with E-state index in [4.69, 9.17) is 4.74 Å². The van der Waals surface area contributed by atoms with Crippen LogP contribution in [0.25, 0.3) is 0 Å². The molecule has 0 saturated carbocycles. The average Bonchev–Trinajstić information content (AvgIpc) is 2.34. The minimum Gasteiger partial charge on any atom is -0.381 e. The molecule has 1 unspecified atom stereocenters. The Morgan fingerprint density at radius 1 is 1.41 bits per heavy atom. The molecular formula is C14H19NO2. The zero-order valence-electron chi connectivity index (χ0n) is 10.5. The Kier molecular flexibility index (Phi) is 3.79.